The first-order chi connectivity index (χ1) is 3.75. The molecule has 1 unspecified atom stereocenters. The molecule has 0 N–H and O–H groups in total. The van der Waals surface area contributed by atoms with Gasteiger partial charge in [-0.05, 0) is 17.8 Å². The van der Waals surface area contributed by atoms with Crippen molar-refractivity contribution in [1.82, 2.24) is 0 Å². The van der Waals surface area contributed by atoms with Crippen LogP contribution in [0.3, 0.4) is 0 Å². The summed E-state index contributed by atoms with van der Waals surface area (Å²) in [6.45, 7) is 2.36. The lowest BCUT2D eigenvalue weighted by molar-refractivity contribution is 0.630. The summed E-state index contributed by atoms with van der Waals surface area (Å²) in [6.07, 6.45) is 1.47. The summed E-state index contributed by atoms with van der Waals surface area (Å²) in [7, 11) is 0. The molecule has 0 aromatic rings. The molecule has 1 rings (SSSR count). The minimum atomic E-state index is 0.765. The average molecular weight is 336 g/mol. The zero-order valence-electron chi connectivity index (χ0n) is 4.95. The molecule has 1 atom stereocenters. The molecule has 8 heavy (non-hydrogen) atoms. The molecule has 48 valence electrons. The molecule has 0 radical (unpaired) electrons. The van der Waals surface area contributed by atoms with Gasteiger partial charge in [0.15, 0.2) is 0 Å². The first kappa shape index (κ1) is 7.57. The van der Waals surface area contributed by atoms with Gasteiger partial charge in [0.1, 0.15) is 0 Å². The molecular formula is C6H10I2. The Kier molecular flexibility index (Phi) is 2.46. The van der Waals surface area contributed by atoms with Crippen LogP contribution < -0.4 is 0 Å². The Balaban J connectivity index is 2.39. The predicted octanol–water partition coefficient (Wildman–Crippen LogP) is 2.88. The van der Waals surface area contributed by atoms with Gasteiger partial charge in [0.05, 0.1) is 0 Å². The second-order valence-corrected chi connectivity index (χ2v) is 4.26. The Morgan fingerprint density at radius 1 is 1.50 bits per heavy atom. The number of halogens is 2. The van der Waals surface area contributed by atoms with E-state index in [2.05, 4.69) is 52.1 Å². The quantitative estimate of drug-likeness (QED) is 0.537. The van der Waals surface area contributed by atoms with E-state index in [4.69, 9.17) is 0 Å². The fourth-order valence-corrected chi connectivity index (χ4v) is 4.66. The standard InChI is InChI=1S/C6H10I2/c1-5-2-6(5,3-7)4-8/h5H,2-4H2,1H3. The molecule has 0 aromatic heterocycles. The van der Waals surface area contributed by atoms with Crippen LogP contribution in [0.4, 0.5) is 0 Å². The van der Waals surface area contributed by atoms with Gasteiger partial charge in [-0.25, -0.2) is 0 Å². The molecule has 1 fully saturated rings. The smallest absolute Gasteiger partial charge is 0.00620 e. The molecule has 0 nitrogen and oxygen atoms in total. The third-order valence-electron chi connectivity index (χ3n) is 2.13. The molecule has 2 heteroatoms. The van der Waals surface area contributed by atoms with Crippen LogP contribution in [0, 0.1) is 11.3 Å². The number of hydrogen-bond donors (Lipinski definition) is 0. The highest BCUT2D eigenvalue weighted by atomic mass is 127. The van der Waals surface area contributed by atoms with E-state index < -0.39 is 0 Å². The van der Waals surface area contributed by atoms with Gasteiger partial charge in [0, 0.05) is 8.86 Å². The van der Waals surface area contributed by atoms with Crippen LogP contribution in [-0.4, -0.2) is 8.86 Å². The summed E-state index contributed by atoms with van der Waals surface area (Å²) in [5.41, 5.74) is 0.765. The van der Waals surface area contributed by atoms with E-state index in [0.717, 1.165) is 11.3 Å². The Morgan fingerprint density at radius 3 is 1.88 bits per heavy atom. The van der Waals surface area contributed by atoms with Crippen molar-refractivity contribution in [3.05, 3.63) is 0 Å². The molecule has 0 saturated heterocycles. The maximum absolute atomic E-state index is 2.50. The van der Waals surface area contributed by atoms with Crippen molar-refractivity contribution in [3.8, 4) is 0 Å². The highest BCUT2D eigenvalue weighted by molar-refractivity contribution is 14.1. The summed E-state index contributed by atoms with van der Waals surface area (Å²) in [5, 5.41) is 0. The van der Waals surface area contributed by atoms with Crippen molar-refractivity contribution in [3.63, 3.8) is 0 Å². The maximum Gasteiger partial charge on any atom is 0.00620 e. The lowest BCUT2D eigenvalue weighted by atomic mass is 10.1. The largest absolute Gasteiger partial charge is 0.0857 e. The molecule has 0 bridgehead atoms. The van der Waals surface area contributed by atoms with E-state index in [1.807, 2.05) is 0 Å². The Morgan fingerprint density at radius 2 is 1.88 bits per heavy atom. The normalized spacial score (nSPS) is 32.6. The second kappa shape index (κ2) is 2.60. The summed E-state index contributed by atoms with van der Waals surface area (Å²) in [4.78, 5) is 0. The predicted molar refractivity (Wildman–Crippen MR) is 54.0 cm³/mol. The lowest BCUT2D eigenvalue weighted by Crippen LogP contribution is -2.05. The topological polar surface area (TPSA) is 0 Å². The van der Waals surface area contributed by atoms with Crippen LogP contribution in [0.25, 0.3) is 0 Å². The third-order valence-corrected chi connectivity index (χ3v) is 5.17. The summed E-state index contributed by atoms with van der Waals surface area (Å²) in [5.74, 6) is 1.01. The van der Waals surface area contributed by atoms with Gasteiger partial charge in [-0.1, -0.05) is 52.1 Å². The first-order valence-electron chi connectivity index (χ1n) is 2.87. The first-order valence-corrected chi connectivity index (χ1v) is 5.92. The third kappa shape index (κ3) is 1.15. The van der Waals surface area contributed by atoms with Crippen molar-refractivity contribution in [2.75, 3.05) is 8.86 Å². The van der Waals surface area contributed by atoms with Crippen LogP contribution in [0.2, 0.25) is 0 Å². The van der Waals surface area contributed by atoms with Crippen LogP contribution in [0.5, 0.6) is 0 Å². The molecule has 1 saturated carbocycles. The van der Waals surface area contributed by atoms with E-state index >= 15 is 0 Å². The van der Waals surface area contributed by atoms with Crippen LogP contribution in [-0.2, 0) is 0 Å². The Labute approximate surface area is 78.1 Å². The molecule has 0 aliphatic heterocycles. The van der Waals surface area contributed by atoms with E-state index in [0.29, 0.717) is 0 Å². The number of rotatable bonds is 2. The van der Waals surface area contributed by atoms with Gasteiger partial charge >= 0.3 is 0 Å². The molecule has 0 amide bonds. The lowest BCUT2D eigenvalue weighted by Gasteiger charge is -2.05. The van der Waals surface area contributed by atoms with Crippen LogP contribution in [0.15, 0.2) is 0 Å². The van der Waals surface area contributed by atoms with Gasteiger partial charge in [0.2, 0.25) is 0 Å². The number of hydrogen-bond acceptors (Lipinski definition) is 0. The van der Waals surface area contributed by atoms with Crippen LogP contribution >= 0.6 is 45.2 Å². The minimum absolute atomic E-state index is 0.765. The van der Waals surface area contributed by atoms with Gasteiger partial charge in [-0.3, -0.25) is 0 Å². The minimum Gasteiger partial charge on any atom is -0.0857 e. The maximum atomic E-state index is 2.50. The van der Waals surface area contributed by atoms with Crippen molar-refractivity contribution in [2.24, 2.45) is 11.3 Å². The molecular weight excluding hydrogens is 326 g/mol. The van der Waals surface area contributed by atoms with E-state index in [1.54, 1.807) is 0 Å². The van der Waals surface area contributed by atoms with E-state index in [-0.39, 0.29) is 0 Å². The Bertz CT molecular complexity index is 81.0. The summed E-state index contributed by atoms with van der Waals surface area (Å²) < 4.78 is 2.71. The van der Waals surface area contributed by atoms with E-state index in [9.17, 15) is 0 Å². The average Bonchev–Trinajstić information content (AvgIpc) is 2.43. The Hall–Kier alpha value is 1.46. The second-order valence-electron chi connectivity index (χ2n) is 2.73. The van der Waals surface area contributed by atoms with Crippen molar-refractivity contribution in [2.45, 2.75) is 13.3 Å². The monoisotopic (exact) mass is 336 g/mol. The van der Waals surface area contributed by atoms with Gasteiger partial charge in [-0.15, -0.1) is 0 Å². The van der Waals surface area contributed by atoms with Crippen molar-refractivity contribution < 1.29 is 0 Å². The van der Waals surface area contributed by atoms with E-state index in [1.165, 1.54) is 15.3 Å². The zero-order chi connectivity index (χ0) is 6.20. The fourth-order valence-electron chi connectivity index (χ4n) is 0.959. The summed E-state index contributed by atoms with van der Waals surface area (Å²) in [6, 6.07) is 0. The van der Waals surface area contributed by atoms with Gasteiger partial charge in [0.25, 0.3) is 0 Å². The zero-order valence-corrected chi connectivity index (χ0v) is 9.27. The number of alkyl halides is 2. The highest BCUT2D eigenvalue weighted by Gasteiger charge is 2.48. The SMILES string of the molecule is CC1CC1(CI)CI. The molecule has 1 aliphatic rings. The molecule has 0 heterocycles. The molecule has 1 aliphatic carbocycles. The van der Waals surface area contributed by atoms with Crippen molar-refractivity contribution in [1.29, 1.82) is 0 Å². The van der Waals surface area contributed by atoms with Crippen molar-refractivity contribution >= 4 is 45.2 Å². The molecule has 0 spiro atoms. The molecule has 0 aromatic carbocycles. The van der Waals surface area contributed by atoms with Gasteiger partial charge < -0.3 is 0 Å². The highest BCUT2D eigenvalue weighted by Crippen LogP contribution is 2.54. The van der Waals surface area contributed by atoms with Crippen LogP contribution in [0.1, 0.15) is 13.3 Å². The summed E-state index contributed by atoms with van der Waals surface area (Å²) >= 11 is 5.01. The fraction of sp³-hybridized carbons (Fsp3) is 1.00. The van der Waals surface area contributed by atoms with Gasteiger partial charge in [-0.2, -0.15) is 0 Å².